The van der Waals surface area contributed by atoms with Gasteiger partial charge in [0.25, 0.3) is 0 Å². The molecule has 0 fully saturated rings. The lowest BCUT2D eigenvalue weighted by molar-refractivity contribution is -0.669. The van der Waals surface area contributed by atoms with Crippen molar-refractivity contribution in [1.82, 2.24) is 0 Å². The number of methoxy groups -OCH3 is 1. The van der Waals surface area contributed by atoms with E-state index in [-0.39, 0.29) is 6.54 Å². The summed E-state index contributed by atoms with van der Waals surface area (Å²) in [6.45, 7) is 2.91. The lowest BCUT2D eigenvalue weighted by Gasteiger charge is -2.17. The molecule has 0 unspecified atom stereocenters. The summed E-state index contributed by atoms with van der Waals surface area (Å²) in [5, 5.41) is 11.4. The highest BCUT2D eigenvalue weighted by molar-refractivity contribution is 8.03. The Morgan fingerprint density at radius 2 is 2.03 bits per heavy atom. The fourth-order valence-electron chi connectivity index (χ4n) is 3.64. The highest BCUT2D eigenvalue weighted by Gasteiger charge is 2.27. The Hall–Kier alpha value is -3.25. The number of allylic oxidation sites excluding steroid dienone is 2. The molecule has 5 nitrogen and oxygen atoms in total. The first-order valence-corrected chi connectivity index (χ1v) is 10.6. The fraction of sp³-hybridized carbons (Fsp3) is 0.167. The van der Waals surface area contributed by atoms with Crippen LogP contribution in [0.5, 0.6) is 5.75 Å². The van der Waals surface area contributed by atoms with Gasteiger partial charge in [0.2, 0.25) is 11.2 Å². The second-order valence-electron chi connectivity index (χ2n) is 6.84. The number of aromatic nitrogens is 1. The van der Waals surface area contributed by atoms with Gasteiger partial charge in [0, 0.05) is 28.5 Å². The summed E-state index contributed by atoms with van der Waals surface area (Å²) in [6.07, 6.45) is 6.01. The largest absolute Gasteiger partial charge is 0.497 e. The van der Waals surface area contributed by atoms with E-state index >= 15 is 0 Å². The fourth-order valence-corrected chi connectivity index (χ4v) is 4.74. The molecule has 0 atom stereocenters. The molecule has 1 aromatic heterocycles. The van der Waals surface area contributed by atoms with Crippen LogP contribution in [0.1, 0.15) is 12.6 Å². The van der Waals surface area contributed by atoms with Crippen molar-refractivity contribution in [3.8, 4) is 5.75 Å². The molecule has 2 heterocycles. The van der Waals surface area contributed by atoms with Crippen molar-refractivity contribution in [2.24, 2.45) is 0 Å². The molecule has 30 heavy (non-hydrogen) atoms. The average molecular weight is 420 g/mol. The first kappa shape index (κ1) is 20.0. The Morgan fingerprint density at radius 3 is 2.80 bits per heavy atom. The summed E-state index contributed by atoms with van der Waals surface area (Å²) in [7, 11) is 1.63. The molecule has 4 rings (SSSR count). The molecule has 6 heteroatoms. The van der Waals surface area contributed by atoms with Crippen LogP contribution in [-0.2, 0) is 11.3 Å². The number of thioether (sulfide) groups is 1. The number of pyridine rings is 1. The van der Waals surface area contributed by atoms with E-state index < -0.39 is 5.97 Å². The van der Waals surface area contributed by atoms with E-state index in [2.05, 4.69) is 47.9 Å². The zero-order valence-corrected chi connectivity index (χ0v) is 17.7. The van der Waals surface area contributed by atoms with E-state index in [1.165, 1.54) is 10.9 Å². The molecule has 1 aliphatic rings. The van der Waals surface area contributed by atoms with Crippen molar-refractivity contribution in [2.75, 3.05) is 18.6 Å². The number of carboxylic acid groups (broad SMARTS) is 1. The average Bonchev–Trinajstić information content (AvgIpc) is 3.09. The maximum Gasteiger partial charge on any atom is 0.323 e. The summed E-state index contributed by atoms with van der Waals surface area (Å²) in [5.74, 6) is -0.110. The predicted molar refractivity (Wildman–Crippen MR) is 121 cm³/mol. The number of aryl methyl sites for hydroxylation is 1. The monoisotopic (exact) mass is 419 g/mol. The molecule has 0 bridgehead atoms. The first-order chi connectivity index (χ1) is 14.6. The molecule has 0 saturated carbocycles. The second-order valence-corrected chi connectivity index (χ2v) is 7.90. The summed E-state index contributed by atoms with van der Waals surface area (Å²) >= 11 is 1.55. The van der Waals surface area contributed by atoms with Crippen molar-refractivity contribution in [2.45, 2.75) is 18.4 Å². The van der Waals surface area contributed by atoms with Gasteiger partial charge < -0.3 is 14.7 Å². The Morgan fingerprint density at radius 1 is 1.20 bits per heavy atom. The van der Waals surface area contributed by atoms with Crippen LogP contribution in [0.3, 0.4) is 0 Å². The molecule has 0 spiro atoms. The summed E-state index contributed by atoms with van der Waals surface area (Å²) < 4.78 is 7.57. The van der Waals surface area contributed by atoms with E-state index in [0.717, 1.165) is 33.6 Å². The van der Waals surface area contributed by atoms with Gasteiger partial charge in [-0.05, 0) is 43.3 Å². The van der Waals surface area contributed by atoms with Gasteiger partial charge in [0.15, 0.2) is 0 Å². The summed E-state index contributed by atoms with van der Waals surface area (Å²) in [5.41, 5.74) is 3.18. The molecule has 0 saturated heterocycles. The van der Waals surface area contributed by atoms with Gasteiger partial charge in [-0.3, -0.25) is 4.79 Å². The van der Waals surface area contributed by atoms with E-state index in [1.54, 1.807) is 18.9 Å². The van der Waals surface area contributed by atoms with Gasteiger partial charge in [-0.15, -0.1) is 0 Å². The number of para-hydroxylation sites is 1. The Labute approximate surface area is 179 Å². The quantitative estimate of drug-likeness (QED) is 0.587. The van der Waals surface area contributed by atoms with Crippen LogP contribution in [0.15, 0.2) is 76.7 Å². The second kappa shape index (κ2) is 8.63. The Bertz CT molecular complexity index is 1170. The van der Waals surface area contributed by atoms with Crippen molar-refractivity contribution in [1.29, 1.82) is 0 Å². The molecule has 0 radical (unpaired) electrons. The van der Waals surface area contributed by atoms with Crippen molar-refractivity contribution in [3.05, 3.63) is 77.5 Å². The standard InChI is InChI=1S/C24H22N2O3S/c1-3-25-18(12-11-17-7-4-5-9-20(17)25)8-6-10-23-26(16-24(27)28)21-14-13-19(29-2)15-22(21)30-23/h4-15H,3,16H2,1-2H3/p+1. The van der Waals surface area contributed by atoms with Gasteiger partial charge in [-0.1, -0.05) is 30.0 Å². The predicted octanol–water partition coefficient (Wildman–Crippen LogP) is 4.71. The van der Waals surface area contributed by atoms with Crippen LogP contribution >= 0.6 is 11.8 Å². The lowest BCUT2D eigenvalue weighted by Crippen LogP contribution is -2.36. The molecular formula is C24H23N2O3S+. The minimum Gasteiger partial charge on any atom is -0.497 e. The number of hydrogen-bond donors (Lipinski definition) is 1. The minimum absolute atomic E-state index is 0.0864. The van der Waals surface area contributed by atoms with E-state index in [4.69, 9.17) is 4.74 Å². The number of carbonyl (C=O) groups is 1. The number of aliphatic carboxylic acids is 1. The van der Waals surface area contributed by atoms with E-state index in [9.17, 15) is 9.90 Å². The highest BCUT2D eigenvalue weighted by atomic mass is 32.2. The number of nitrogens with zero attached hydrogens (tertiary/aromatic N) is 2. The maximum atomic E-state index is 11.4. The number of hydrogen-bond acceptors (Lipinski definition) is 4. The lowest BCUT2D eigenvalue weighted by atomic mass is 10.2. The topological polar surface area (TPSA) is 53.7 Å². The number of carboxylic acids is 1. The highest BCUT2D eigenvalue weighted by Crippen LogP contribution is 2.47. The molecule has 0 aliphatic carbocycles. The first-order valence-electron chi connectivity index (χ1n) is 9.76. The molecule has 1 aliphatic heterocycles. The third-order valence-corrected chi connectivity index (χ3v) is 6.14. The van der Waals surface area contributed by atoms with Gasteiger partial charge >= 0.3 is 5.97 Å². The molecule has 0 amide bonds. The number of rotatable bonds is 6. The third kappa shape index (κ3) is 3.91. The summed E-state index contributed by atoms with van der Waals surface area (Å²) in [6, 6.07) is 18.3. The zero-order chi connectivity index (χ0) is 21.1. The van der Waals surface area contributed by atoms with Gasteiger partial charge in [-0.2, -0.15) is 4.57 Å². The van der Waals surface area contributed by atoms with Gasteiger partial charge in [0.05, 0.1) is 17.8 Å². The number of ether oxygens (including phenoxy) is 1. The van der Waals surface area contributed by atoms with Crippen LogP contribution in [0, 0.1) is 0 Å². The maximum absolute atomic E-state index is 11.4. The number of fused-ring (bicyclic) bond motifs is 2. The molecule has 3 aromatic rings. The van der Waals surface area contributed by atoms with Crippen LogP contribution < -0.4 is 14.2 Å². The van der Waals surface area contributed by atoms with Crippen LogP contribution in [-0.4, -0.2) is 24.7 Å². The van der Waals surface area contributed by atoms with Crippen molar-refractivity contribution >= 4 is 40.4 Å². The third-order valence-electron chi connectivity index (χ3n) is 5.03. The van der Waals surface area contributed by atoms with Gasteiger partial charge in [-0.25, -0.2) is 0 Å². The summed E-state index contributed by atoms with van der Waals surface area (Å²) in [4.78, 5) is 14.2. The van der Waals surface area contributed by atoms with Crippen molar-refractivity contribution < 1.29 is 19.2 Å². The number of anilines is 1. The normalized spacial score (nSPS) is 14.6. The smallest absolute Gasteiger partial charge is 0.323 e. The Kier molecular flexibility index (Phi) is 5.77. The van der Waals surface area contributed by atoms with Crippen LogP contribution in [0.25, 0.3) is 17.0 Å². The van der Waals surface area contributed by atoms with Crippen LogP contribution in [0.2, 0.25) is 0 Å². The molecule has 2 aromatic carbocycles. The minimum atomic E-state index is -0.868. The number of benzene rings is 2. The van der Waals surface area contributed by atoms with E-state index in [1.807, 2.05) is 41.3 Å². The van der Waals surface area contributed by atoms with Crippen molar-refractivity contribution in [3.63, 3.8) is 0 Å². The van der Waals surface area contributed by atoms with Crippen LogP contribution in [0.4, 0.5) is 5.69 Å². The molecule has 152 valence electrons. The Balaban J connectivity index is 1.66. The van der Waals surface area contributed by atoms with Gasteiger partial charge in [0.1, 0.15) is 18.8 Å². The van der Waals surface area contributed by atoms with E-state index in [0.29, 0.717) is 0 Å². The molecular weight excluding hydrogens is 396 g/mol. The SMILES string of the molecule is CC[n+]1c(C=CC=C2Sc3cc(OC)ccc3N2CC(=O)O)ccc2ccccc21. The zero-order valence-electron chi connectivity index (χ0n) is 16.9. The molecule has 1 N–H and O–H groups in total.